The number of thiazole rings is 1. The fourth-order valence-corrected chi connectivity index (χ4v) is 3.11. The number of anilines is 1. The summed E-state index contributed by atoms with van der Waals surface area (Å²) in [5.41, 5.74) is 5.91. The zero-order valence-corrected chi connectivity index (χ0v) is 12.7. The van der Waals surface area contributed by atoms with Gasteiger partial charge in [-0.1, -0.05) is 0 Å². The van der Waals surface area contributed by atoms with E-state index < -0.39 is 0 Å². The summed E-state index contributed by atoms with van der Waals surface area (Å²) < 4.78 is 5.60. The van der Waals surface area contributed by atoms with Crippen LogP contribution in [0.4, 0.5) is 5.13 Å². The van der Waals surface area contributed by atoms with E-state index in [1.54, 1.807) is 11.3 Å². The van der Waals surface area contributed by atoms with Crippen molar-refractivity contribution in [3.05, 3.63) is 11.6 Å². The largest absolute Gasteiger partial charge is 0.380 e. The molecule has 2 heterocycles. The predicted molar refractivity (Wildman–Crippen MR) is 79.9 cm³/mol. The Labute approximate surface area is 119 Å². The van der Waals surface area contributed by atoms with Crippen molar-refractivity contribution >= 4 is 16.5 Å². The average molecular weight is 284 g/mol. The SMILES string of the molecule is CCOCC(C)(CN)N1CCN(c2nccs2)CC1. The van der Waals surface area contributed by atoms with Crippen LogP contribution in [0.5, 0.6) is 0 Å². The summed E-state index contributed by atoms with van der Waals surface area (Å²) in [4.78, 5) is 9.17. The van der Waals surface area contributed by atoms with E-state index in [0.29, 0.717) is 13.2 Å². The summed E-state index contributed by atoms with van der Waals surface area (Å²) in [6.45, 7) is 10.3. The molecule has 5 nitrogen and oxygen atoms in total. The minimum atomic E-state index is -0.0506. The average Bonchev–Trinajstić information content (AvgIpc) is 2.99. The lowest BCUT2D eigenvalue weighted by Crippen LogP contribution is -2.61. The van der Waals surface area contributed by atoms with Gasteiger partial charge in [-0.3, -0.25) is 4.90 Å². The van der Waals surface area contributed by atoms with E-state index >= 15 is 0 Å². The van der Waals surface area contributed by atoms with Crippen LogP contribution in [0.1, 0.15) is 13.8 Å². The van der Waals surface area contributed by atoms with Gasteiger partial charge < -0.3 is 15.4 Å². The minimum Gasteiger partial charge on any atom is -0.380 e. The summed E-state index contributed by atoms with van der Waals surface area (Å²) in [6, 6.07) is 0. The Balaban J connectivity index is 1.91. The van der Waals surface area contributed by atoms with Crippen molar-refractivity contribution in [3.63, 3.8) is 0 Å². The number of aromatic nitrogens is 1. The molecule has 2 N–H and O–H groups in total. The predicted octanol–water partition coefficient (Wildman–Crippen LogP) is 1.02. The van der Waals surface area contributed by atoms with Crippen molar-refractivity contribution in [3.8, 4) is 0 Å². The third kappa shape index (κ3) is 3.45. The second-order valence-corrected chi connectivity index (χ2v) is 6.00. The fourth-order valence-electron chi connectivity index (χ4n) is 2.41. The molecule has 1 aromatic rings. The second-order valence-electron chi connectivity index (χ2n) is 5.13. The second kappa shape index (κ2) is 6.65. The van der Waals surface area contributed by atoms with E-state index in [-0.39, 0.29) is 5.54 Å². The van der Waals surface area contributed by atoms with Crippen molar-refractivity contribution in [2.75, 3.05) is 50.8 Å². The third-order valence-electron chi connectivity index (χ3n) is 3.79. The molecule has 0 spiro atoms. The summed E-state index contributed by atoms with van der Waals surface area (Å²) in [5.74, 6) is 0. The first kappa shape index (κ1) is 14.7. The first-order chi connectivity index (χ1) is 9.19. The molecular weight excluding hydrogens is 260 g/mol. The first-order valence-electron chi connectivity index (χ1n) is 6.87. The summed E-state index contributed by atoms with van der Waals surface area (Å²) in [7, 11) is 0. The van der Waals surface area contributed by atoms with Gasteiger partial charge in [-0.05, 0) is 13.8 Å². The Morgan fingerprint density at radius 1 is 1.42 bits per heavy atom. The van der Waals surface area contributed by atoms with Crippen molar-refractivity contribution < 1.29 is 4.74 Å². The van der Waals surface area contributed by atoms with Crippen LogP contribution >= 0.6 is 11.3 Å². The summed E-state index contributed by atoms with van der Waals surface area (Å²) >= 11 is 1.70. The molecule has 1 aliphatic rings. The van der Waals surface area contributed by atoms with Crippen LogP contribution in [0.25, 0.3) is 0 Å². The molecule has 1 fully saturated rings. The standard InChI is InChI=1S/C13H24N4OS/c1-3-18-11-13(2,10-14)17-7-5-16(6-8-17)12-15-4-9-19-12/h4,9H,3,5-8,10-11,14H2,1-2H3. The number of nitrogens with zero attached hydrogens (tertiary/aromatic N) is 3. The highest BCUT2D eigenvalue weighted by molar-refractivity contribution is 7.13. The highest BCUT2D eigenvalue weighted by atomic mass is 32.1. The highest BCUT2D eigenvalue weighted by Gasteiger charge is 2.33. The van der Waals surface area contributed by atoms with Crippen molar-refractivity contribution in [1.82, 2.24) is 9.88 Å². The van der Waals surface area contributed by atoms with Gasteiger partial charge in [-0.25, -0.2) is 4.98 Å². The lowest BCUT2D eigenvalue weighted by molar-refractivity contribution is 0.00749. The van der Waals surface area contributed by atoms with Crippen LogP contribution in [0, 0.1) is 0 Å². The molecule has 1 aliphatic heterocycles. The topological polar surface area (TPSA) is 54.6 Å². The quantitative estimate of drug-likeness (QED) is 0.845. The number of hydrogen-bond acceptors (Lipinski definition) is 6. The van der Waals surface area contributed by atoms with Gasteiger partial charge in [0.25, 0.3) is 0 Å². The zero-order valence-electron chi connectivity index (χ0n) is 11.8. The van der Waals surface area contributed by atoms with E-state index in [2.05, 4.69) is 21.7 Å². The minimum absolute atomic E-state index is 0.0506. The van der Waals surface area contributed by atoms with Gasteiger partial charge in [0.15, 0.2) is 5.13 Å². The van der Waals surface area contributed by atoms with E-state index in [4.69, 9.17) is 10.5 Å². The van der Waals surface area contributed by atoms with Gasteiger partial charge in [0.2, 0.25) is 0 Å². The van der Waals surface area contributed by atoms with Crippen LogP contribution in [0.2, 0.25) is 0 Å². The third-order valence-corrected chi connectivity index (χ3v) is 4.62. The van der Waals surface area contributed by atoms with Crippen molar-refractivity contribution in [1.29, 1.82) is 0 Å². The number of piperazine rings is 1. The van der Waals surface area contributed by atoms with Gasteiger partial charge in [0.05, 0.1) is 12.1 Å². The Hall–Kier alpha value is -0.690. The monoisotopic (exact) mass is 284 g/mol. The van der Waals surface area contributed by atoms with E-state index in [9.17, 15) is 0 Å². The maximum atomic E-state index is 5.96. The lowest BCUT2D eigenvalue weighted by Gasteiger charge is -2.45. The molecule has 0 bridgehead atoms. The Bertz CT molecular complexity index is 365. The molecule has 0 aromatic carbocycles. The van der Waals surface area contributed by atoms with E-state index in [1.807, 2.05) is 18.5 Å². The first-order valence-corrected chi connectivity index (χ1v) is 7.75. The van der Waals surface area contributed by atoms with Crippen molar-refractivity contribution in [2.45, 2.75) is 19.4 Å². The molecule has 0 radical (unpaired) electrons. The van der Waals surface area contributed by atoms with Crippen LogP contribution in [-0.2, 0) is 4.74 Å². The molecule has 1 saturated heterocycles. The van der Waals surface area contributed by atoms with Gasteiger partial charge in [0, 0.05) is 50.9 Å². The molecule has 0 saturated carbocycles. The van der Waals surface area contributed by atoms with Gasteiger partial charge >= 0.3 is 0 Å². The molecule has 1 aromatic heterocycles. The zero-order chi connectivity index (χ0) is 13.7. The Morgan fingerprint density at radius 2 is 2.16 bits per heavy atom. The lowest BCUT2D eigenvalue weighted by atomic mass is 10.00. The van der Waals surface area contributed by atoms with E-state index in [1.165, 1.54) is 0 Å². The van der Waals surface area contributed by atoms with Crippen LogP contribution in [0.3, 0.4) is 0 Å². The number of rotatable bonds is 6. The van der Waals surface area contributed by atoms with Crippen LogP contribution in [-0.4, -0.2) is 61.4 Å². The number of ether oxygens (including phenoxy) is 1. The smallest absolute Gasteiger partial charge is 0.185 e. The van der Waals surface area contributed by atoms with Crippen LogP contribution < -0.4 is 10.6 Å². The molecule has 1 atom stereocenters. The number of nitrogens with two attached hydrogens (primary N) is 1. The summed E-state index contributed by atoms with van der Waals surface area (Å²) in [6.07, 6.45) is 1.87. The molecule has 6 heteroatoms. The maximum Gasteiger partial charge on any atom is 0.185 e. The molecule has 108 valence electrons. The fraction of sp³-hybridized carbons (Fsp3) is 0.769. The maximum absolute atomic E-state index is 5.96. The molecule has 19 heavy (non-hydrogen) atoms. The molecule has 0 amide bonds. The van der Waals surface area contributed by atoms with Crippen LogP contribution in [0.15, 0.2) is 11.6 Å². The Morgan fingerprint density at radius 3 is 2.68 bits per heavy atom. The number of hydrogen-bond donors (Lipinski definition) is 1. The molecule has 0 aliphatic carbocycles. The highest BCUT2D eigenvalue weighted by Crippen LogP contribution is 2.22. The normalized spacial score (nSPS) is 20.5. The Kier molecular flexibility index (Phi) is 5.15. The van der Waals surface area contributed by atoms with E-state index in [0.717, 1.165) is 37.9 Å². The van der Waals surface area contributed by atoms with Gasteiger partial charge in [-0.2, -0.15) is 0 Å². The molecular formula is C13H24N4OS. The van der Waals surface area contributed by atoms with Crippen molar-refractivity contribution in [2.24, 2.45) is 5.73 Å². The molecule has 1 unspecified atom stereocenters. The summed E-state index contributed by atoms with van der Waals surface area (Å²) in [5, 5.41) is 3.15. The molecule has 2 rings (SSSR count). The van der Waals surface area contributed by atoms with Gasteiger partial charge in [0.1, 0.15) is 0 Å². The van der Waals surface area contributed by atoms with Gasteiger partial charge in [-0.15, -0.1) is 11.3 Å².